The summed E-state index contributed by atoms with van der Waals surface area (Å²) in [6.45, 7) is 0.534. The number of carbonyl (C=O) groups is 1. The zero-order valence-electron chi connectivity index (χ0n) is 17.5. The summed E-state index contributed by atoms with van der Waals surface area (Å²) in [4.78, 5) is 25.2. The van der Waals surface area contributed by atoms with Crippen molar-refractivity contribution in [1.29, 1.82) is 0 Å². The highest BCUT2D eigenvalue weighted by atomic mass is 16.5. The van der Waals surface area contributed by atoms with E-state index in [0.29, 0.717) is 23.1 Å². The molecule has 0 unspecified atom stereocenters. The van der Waals surface area contributed by atoms with E-state index in [9.17, 15) is 9.59 Å². The molecule has 1 aliphatic carbocycles. The van der Waals surface area contributed by atoms with Crippen LogP contribution in [0.1, 0.15) is 24.6 Å². The monoisotopic (exact) mass is 423 g/mol. The molecule has 31 heavy (non-hydrogen) atoms. The van der Waals surface area contributed by atoms with Crippen LogP contribution < -0.4 is 25.8 Å². The minimum absolute atomic E-state index is 0.199. The van der Waals surface area contributed by atoms with Crippen LogP contribution in [0.5, 0.6) is 11.5 Å². The first-order chi connectivity index (χ1) is 15.1. The van der Waals surface area contributed by atoms with Crippen molar-refractivity contribution in [2.24, 2.45) is 0 Å². The molecule has 2 aromatic carbocycles. The quantitative estimate of drug-likeness (QED) is 0.580. The number of nitrogens with zero attached hydrogens (tertiary/aromatic N) is 3. The second-order valence-electron chi connectivity index (χ2n) is 7.26. The molecule has 1 saturated carbocycles. The molecule has 162 valence electrons. The Hall–Kier alpha value is -3.75. The highest BCUT2D eigenvalue weighted by Crippen LogP contribution is 2.39. The Balaban J connectivity index is 1.40. The van der Waals surface area contributed by atoms with Gasteiger partial charge in [0, 0.05) is 24.2 Å². The second kappa shape index (κ2) is 8.95. The van der Waals surface area contributed by atoms with Gasteiger partial charge in [0.25, 0.3) is 0 Å². The van der Waals surface area contributed by atoms with Crippen LogP contribution in [-0.2, 0) is 6.54 Å². The highest BCUT2D eigenvalue weighted by Gasteiger charge is 2.31. The van der Waals surface area contributed by atoms with Crippen LogP contribution in [0.15, 0.2) is 53.3 Å². The highest BCUT2D eigenvalue weighted by molar-refractivity contribution is 5.89. The van der Waals surface area contributed by atoms with E-state index in [1.807, 2.05) is 30.3 Å². The minimum Gasteiger partial charge on any atom is -0.493 e. The Morgan fingerprint density at radius 3 is 2.52 bits per heavy atom. The third-order valence-corrected chi connectivity index (χ3v) is 5.07. The lowest BCUT2D eigenvalue weighted by Gasteiger charge is -2.11. The first-order valence-corrected chi connectivity index (χ1v) is 10.1. The van der Waals surface area contributed by atoms with Gasteiger partial charge >= 0.3 is 11.7 Å². The molecule has 0 spiro atoms. The standard InChI is InChI=1S/C22H25N5O4/c1-30-18-11-10-16(14-19(18)31-2)24-21(28)23-12-13-26-22(29)27(17-6-4-3-5-7-17)20(25-26)15-8-9-15/h3-7,10-11,14-15H,8-9,12-13H2,1-2H3,(H2,23,24,28). The summed E-state index contributed by atoms with van der Waals surface area (Å²) in [5.74, 6) is 2.20. The molecule has 2 amide bonds. The van der Waals surface area contributed by atoms with Crippen molar-refractivity contribution >= 4 is 11.7 Å². The van der Waals surface area contributed by atoms with Crippen molar-refractivity contribution in [3.63, 3.8) is 0 Å². The number of hydrogen-bond acceptors (Lipinski definition) is 5. The van der Waals surface area contributed by atoms with E-state index in [2.05, 4.69) is 15.7 Å². The number of benzene rings is 2. The molecule has 1 heterocycles. The fourth-order valence-corrected chi connectivity index (χ4v) is 3.36. The Morgan fingerprint density at radius 1 is 1.10 bits per heavy atom. The number of para-hydroxylation sites is 1. The molecule has 1 aliphatic rings. The van der Waals surface area contributed by atoms with E-state index in [1.54, 1.807) is 29.9 Å². The molecule has 0 aliphatic heterocycles. The summed E-state index contributed by atoms with van der Waals surface area (Å²) in [5.41, 5.74) is 1.17. The van der Waals surface area contributed by atoms with Gasteiger partial charge in [-0.2, -0.15) is 5.10 Å². The second-order valence-corrected chi connectivity index (χ2v) is 7.26. The number of amides is 2. The summed E-state index contributed by atoms with van der Waals surface area (Å²) in [6, 6.07) is 14.2. The number of urea groups is 1. The molecular formula is C22H25N5O4. The van der Waals surface area contributed by atoms with Gasteiger partial charge in [-0.25, -0.2) is 18.8 Å². The molecule has 0 atom stereocenters. The van der Waals surface area contributed by atoms with E-state index in [0.717, 1.165) is 24.4 Å². The largest absolute Gasteiger partial charge is 0.493 e. The Labute approximate surface area is 179 Å². The molecular weight excluding hydrogens is 398 g/mol. The van der Waals surface area contributed by atoms with E-state index < -0.39 is 0 Å². The summed E-state index contributed by atoms with van der Waals surface area (Å²) in [7, 11) is 3.08. The number of nitrogens with one attached hydrogen (secondary N) is 2. The zero-order chi connectivity index (χ0) is 21.8. The maximum absolute atomic E-state index is 12.9. The summed E-state index contributed by atoms with van der Waals surface area (Å²) >= 11 is 0. The SMILES string of the molecule is COc1ccc(NC(=O)NCCn2nc(C3CC3)n(-c3ccccc3)c2=O)cc1OC. The third-order valence-electron chi connectivity index (χ3n) is 5.07. The van der Waals surface area contributed by atoms with Crippen LogP contribution in [0.3, 0.4) is 0 Å². The smallest absolute Gasteiger partial charge is 0.350 e. The molecule has 1 fully saturated rings. The van der Waals surface area contributed by atoms with E-state index in [1.165, 1.54) is 11.8 Å². The number of methoxy groups -OCH3 is 2. The average molecular weight is 423 g/mol. The third kappa shape index (κ3) is 4.55. The summed E-state index contributed by atoms with van der Waals surface area (Å²) < 4.78 is 13.5. The number of rotatable bonds is 8. The van der Waals surface area contributed by atoms with Crippen LogP contribution in [0.4, 0.5) is 10.5 Å². The van der Waals surface area contributed by atoms with Gasteiger partial charge in [0.15, 0.2) is 11.5 Å². The van der Waals surface area contributed by atoms with Crippen molar-refractivity contribution in [2.75, 3.05) is 26.1 Å². The first kappa shape index (κ1) is 20.5. The maximum atomic E-state index is 12.9. The molecule has 4 rings (SSSR count). The predicted octanol–water partition coefficient (Wildman–Crippen LogP) is 2.75. The Morgan fingerprint density at radius 2 is 1.84 bits per heavy atom. The van der Waals surface area contributed by atoms with Gasteiger partial charge in [-0.1, -0.05) is 18.2 Å². The Bertz CT molecular complexity index is 1120. The van der Waals surface area contributed by atoms with Crippen molar-refractivity contribution in [3.05, 3.63) is 64.8 Å². The predicted molar refractivity (Wildman–Crippen MR) is 116 cm³/mol. The molecule has 1 aromatic heterocycles. The number of ether oxygens (including phenoxy) is 2. The van der Waals surface area contributed by atoms with Gasteiger partial charge in [0.05, 0.1) is 26.5 Å². The molecule has 0 bridgehead atoms. The van der Waals surface area contributed by atoms with Crippen molar-refractivity contribution < 1.29 is 14.3 Å². The number of carbonyl (C=O) groups excluding carboxylic acids is 1. The lowest BCUT2D eigenvalue weighted by atomic mass is 10.3. The van der Waals surface area contributed by atoms with E-state index in [4.69, 9.17) is 9.47 Å². The fourth-order valence-electron chi connectivity index (χ4n) is 3.36. The van der Waals surface area contributed by atoms with E-state index in [-0.39, 0.29) is 24.8 Å². The number of anilines is 1. The number of aromatic nitrogens is 3. The Kier molecular flexibility index (Phi) is 5.92. The van der Waals surface area contributed by atoms with Gasteiger partial charge in [0.1, 0.15) is 5.82 Å². The van der Waals surface area contributed by atoms with Crippen LogP contribution in [0.2, 0.25) is 0 Å². The molecule has 9 heteroatoms. The average Bonchev–Trinajstić information content (AvgIpc) is 3.58. The minimum atomic E-state index is -0.384. The first-order valence-electron chi connectivity index (χ1n) is 10.1. The van der Waals surface area contributed by atoms with Gasteiger partial charge < -0.3 is 20.1 Å². The van der Waals surface area contributed by atoms with Crippen LogP contribution in [0.25, 0.3) is 5.69 Å². The van der Waals surface area contributed by atoms with Crippen molar-refractivity contribution in [3.8, 4) is 17.2 Å². The van der Waals surface area contributed by atoms with Crippen LogP contribution >= 0.6 is 0 Å². The molecule has 0 radical (unpaired) electrons. The van der Waals surface area contributed by atoms with Gasteiger partial charge in [-0.15, -0.1) is 0 Å². The fraction of sp³-hybridized carbons (Fsp3) is 0.318. The summed E-state index contributed by atoms with van der Waals surface area (Å²) in [6.07, 6.45) is 2.07. The molecule has 3 aromatic rings. The van der Waals surface area contributed by atoms with E-state index >= 15 is 0 Å². The van der Waals surface area contributed by atoms with Gasteiger partial charge in [-0.05, 0) is 37.1 Å². The molecule has 2 N–H and O–H groups in total. The number of hydrogen-bond donors (Lipinski definition) is 2. The zero-order valence-corrected chi connectivity index (χ0v) is 17.5. The lowest BCUT2D eigenvalue weighted by molar-refractivity contribution is 0.251. The van der Waals surface area contributed by atoms with Crippen LogP contribution in [0, 0.1) is 0 Å². The maximum Gasteiger partial charge on any atom is 0.350 e. The van der Waals surface area contributed by atoms with Crippen LogP contribution in [-0.4, -0.2) is 41.1 Å². The van der Waals surface area contributed by atoms with Crippen molar-refractivity contribution in [2.45, 2.75) is 25.3 Å². The lowest BCUT2D eigenvalue weighted by Crippen LogP contribution is -2.34. The van der Waals surface area contributed by atoms with Crippen molar-refractivity contribution in [1.82, 2.24) is 19.7 Å². The van der Waals surface area contributed by atoms with Gasteiger partial charge in [0.2, 0.25) is 0 Å². The molecule has 0 saturated heterocycles. The molecule has 9 nitrogen and oxygen atoms in total. The van der Waals surface area contributed by atoms with Gasteiger partial charge in [-0.3, -0.25) is 0 Å². The normalized spacial score (nSPS) is 13.0. The topological polar surface area (TPSA) is 99.4 Å². The summed E-state index contributed by atoms with van der Waals surface area (Å²) in [5, 5.41) is 10.0.